The number of aryl methyl sites for hydroxylation is 1. The molecule has 1 aromatic heterocycles. The van der Waals surface area contributed by atoms with Gasteiger partial charge in [-0.1, -0.05) is 0 Å². The van der Waals surface area contributed by atoms with Gasteiger partial charge < -0.3 is 9.64 Å². The van der Waals surface area contributed by atoms with Crippen molar-refractivity contribution < 1.29 is 4.74 Å². The molecule has 1 aliphatic heterocycles. The summed E-state index contributed by atoms with van der Waals surface area (Å²) in [5.74, 6) is 1.48. The predicted molar refractivity (Wildman–Crippen MR) is 63.6 cm³/mol. The number of hydrogen-bond acceptors (Lipinski definition) is 4. The molecule has 0 saturated carbocycles. The average Bonchev–Trinajstić information content (AvgIpc) is 2.30. The van der Waals surface area contributed by atoms with Gasteiger partial charge in [-0.2, -0.15) is 0 Å². The van der Waals surface area contributed by atoms with Crippen molar-refractivity contribution in [3.8, 4) is 0 Å². The van der Waals surface area contributed by atoms with Gasteiger partial charge in [-0.15, -0.1) is 0 Å². The maximum atomic E-state index is 5.22. The molecule has 1 fully saturated rings. The highest BCUT2D eigenvalue weighted by Crippen LogP contribution is 2.20. The predicted octanol–water partition coefficient (Wildman–Crippen LogP) is 1.65. The van der Waals surface area contributed by atoms with E-state index in [1.54, 1.807) is 7.11 Å². The lowest BCUT2D eigenvalue weighted by molar-refractivity contribution is 0.143. The first-order valence-electron chi connectivity index (χ1n) is 5.83. The number of piperidine rings is 1. The largest absolute Gasteiger partial charge is 0.384 e. The van der Waals surface area contributed by atoms with Crippen molar-refractivity contribution in [2.75, 3.05) is 31.7 Å². The van der Waals surface area contributed by atoms with Crippen LogP contribution in [0.2, 0.25) is 0 Å². The molecule has 2 heterocycles. The summed E-state index contributed by atoms with van der Waals surface area (Å²) in [5.41, 5.74) is 1.03. The molecule has 0 amide bonds. The third-order valence-corrected chi connectivity index (χ3v) is 2.99. The highest BCUT2D eigenvalue weighted by Gasteiger charge is 2.21. The van der Waals surface area contributed by atoms with Crippen molar-refractivity contribution in [1.29, 1.82) is 0 Å². The summed E-state index contributed by atoms with van der Waals surface area (Å²) >= 11 is 0. The van der Waals surface area contributed by atoms with Gasteiger partial charge in [-0.3, -0.25) is 0 Å². The van der Waals surface area contributed by atoms with Gasteiger partial charge in [0.15, 0.2) is 0 Å². The second kappa shape index (κ2) is 5.25. The van der Waals surface area contributed by atoms with Crippen molar-refractivity contribution in [2.45, 2.75) is 19.8 Å². The van der Waals surface area contributed by atoms with Gasteiger partial charge >= 0.3 is 0 Å². The molecule has 4 heteroatoms. The van der Waals surface area contributed by atoms with E-state index in [9.17, 15) is 0 Å². The molecule has 1 aromatic rings. The van der Waals surface area contributed by atoms with E-state index in [4.69, 9.17) is 4.74 Å². The molecule has 1 unspecified atom stereocenters. The van der Waals surface area contributed by atoms with E-state index in [0.29, 0.717) is 5.92 Å². The van der Waals surface area contributed by atoms with Crippen LogP contribution in [0.15, 0.2) is 12.3 Å². The van der Waals surface area contributed by atoms with Crippen LogP contribution < -0.4 is 4.90 Å². The lowest BCUT2D eigenvalue weighted by Crippen LogP contribution is -2.38. The van der Waals surface area contributed by atoms with Crippen LogP contribution in [0.4, 0.5) is 5.95 Å². The van der Waals surface area contributed by atoms with Crippen LogP contribution in [0.25, 0.3) is 0 Å². The summed E-state index contributed by atoms with van der Waals surface area (Å²) in [7, 11) is 1.77. The number of anilines is 1. The van der Waals surface area contributed by atoms with E-state index in [-0.39, 0.29) is 0 Å². The fourth-order valence-corrected chi connectivity index (χ4v) is 2.21. The van der Waals surface area contributed by atoms with Crippen LogP contribution in [0.1, 0.15) is 18.5 Å². The smallest absolute Gasteiger partial charge is 0.225 e. The molecule has 1 aliphatic rings. The second-order valence-corrected chi connectivity index (χ2v) is 4.41. The highest BCUT2D eigenvalue weighted by atomic mass is 16.5. The van der Waals surface area contributed by atoms with Gasteiger partial charge in [0, 0.05) is 32.1 Å². The minimum atomic E-state index is 0.614. The standard InChI is InChI=1S/C12H19N3O/c1-10-5-6-13-12(14-10)15-7-3-4-11(8-15)9-16-2/h5-6,11H,3-4,7-9H2,1-2H3. The number of nitrogens with zero attached hydrogens (tertiary/aromatic N) is 3. The Balaban J connectivity index is 2.03. The molecule has 1 saturated heterocycles. The fraction of sp³-hybridized carbons (Fsp3) is 0.667. The lowest BCUT2D eigenvalue weighted by atomic mass is 9.99. The highest BCUT2D eigenvalue weighted by molar-refractivity contribution is 5.30. The molecule has 0 radical (unpaired) electrons. The molecular formula is C12H19N3O. The van der Waals surface area contributed by atoms with Gasteiger partial charge in [0.2, 0.25) is 5.95 Å². The Morgan fingerprint density at radius 2 is 2.44 bits per heavy atom. The first kappa shape index (κ1) is 11.3. The fourth-order valence-electron chi connectivity index (χ4n) is 2.21. The van der Waals surface area contributed by atoms with Crippen molar-refractivity contribution in [3.63, 3.8) is 0 Å². The SMILES string of the molecule is COCC1CCCN(c2nccc(C)n2)C1. The number of methoxy groups -OCH3 is 1. The third-order valence-electron chi connectivity index (χ3n) is 2.99. The number of aromatic nitrogens is 2. The van der Waals surface area contributed by atoms with Crippen LogP contribution in [-0.2, 0) is 4.74 Å². The molecule has 1 atom stereocenters. The summed E-state index contributed by atoms with van der Waals surface area (Å²) in [6, 6.07) is 1.93. The van der Waals surface area contributed by atoms with Gasteiger partial charge in [0.05, 0.1) is 6.61 Å². The molecule has 88 valence electrons. The van der Waals surface area contributed by atoms with Gasteiger partial charge in [-0.05, 0) is 31.7 Å². The van der Waals surface area contributed by atoms with Crippen molar-refractivity contribution in [3.05, 3.63) is 18.0 Å². The summed E-state index contributed by atoms with van der Waals surface area (Å²) < 4.78 is 5.22. The number of ether oxygens (including phenoxy) is 1. The van der Waals surface area contributed by atoms with Crippen LogP contribution >= 0.6 is 0 Å². The van der Waals surface area contributed by atoms with Crippen molar-refractivity contribution in [1.82, 2.24) is 9.97 Å². The average molecular weight is 221 g/mol. The summed E-state index contributed by atoms with van der Waals surface area (Å²) in [5, 5.41) is 0. The second-order valence-electron chi connectivity index (χ2n) is 4.41. The topological polar surface area (TPSA) is 38.2 Å². The molecule has 0 aliphatic carbocycles. The maximum Gasteiger partial charge on any atom is 0.225 e. The normalized spacial score (nSPS) is 21.1. The molecule has 0 N–H and O–H groups in total. The van der Waals surface area contributed by atoms with Crippen molar-refractivity contribution in [2.24, 2.45) is 5.92 Å². The summed E-state index contributed by atoms with van der Waals surface area (Å²) in [4.78, 5) is 11.1. The third kappa shape index (κ3) is 2.70. The first-order valence-corrected chi connectivity index (χ1v) is 5.83. The van der Waals surface area contributed by atoms with Crippen molar-refractivity contribution >= 4 is 5.95 Å². The van der Waals surface area contributed by atoms with E-state index in [1.165, 1.54) is 12.8 Å². The minimum Gasteiger partial charge on any atom is -0.384 e. The Labute approximate surface area is 96.7 Å². The number of hydrogen-bond donors (Lipinski definition) is 0. The quantitative estimate of drug-likeness (QED) is 0.778. The van der Waals surface area contributed by atoms with E-state index in [1.807, 2.05) is 19.2 Å². The number of rotatable bonds is 3. The molecule has 16 heavy (non-hydrogen) atoms. The first-order chi connectivity index (χ1) is 7.79. The molecule has 4 nitrogen and oxygen atoms in total. The zero-order chi connectivity index (χ0) is 11.4. The van der Waals surface area contributed by atoms with Crippen LogP contribution in [0, 0.1) is 12.8 Å². The van der Waals surface area contributed by atoms with E-state index in [2.05, 4.69) is 14.9 Å². The van der Waals surface area contributed by atoms with E-state index < -0.39 is 0 Å². The molecule has 0 aromatic carbocycles. The molecular weight excluding hydrogens is 202 g/mol. The lowest BCUT2D eigenvalue weighted by Gasteiger charge is -2.32. The summed E-state index contributed by atoms with van der Waals surface area (Å²) in [6.45, 7) is 4.91. The Hall–Kier alpha value is -1.16. The Kier molecular flexibility index (Phi) is 3.72. The van der Waals surface area contributed by atoms with E-state index in [0.717, 1.165) is 31.3 Å². The Morgan fingerprint density at radius 1 is 1.56 bits per heavy atom. The maximum absolute atomic E-state index is 5.22. The van der Waals surface area contributed by atoms with Gasteiger partial charge in [0.25, 0.3) is 0 Å². The van der Waals surface area contributed by atoms with Crippen LogP contribution in [0.3, 0.4) is 0 Å². The van der Waals surface area contributed by atoms with E-state index >= 15 is 0 Å². The molecule has 2 rings (SSSR count). The Morgan fingerprint density at radius 3 is 3.19 bits per heavy atom. The van der Waals surface area contributed by atoms with Crippen LogP contribution in [0.5, 0.6) is 0 Å². The Bertz CT molecular complexity index is 341. The molecule has 0 spiro atoms. The van der Waals surface area contributed by atoms with Crippen LogP contribution in [-0.4, -0.2) is 36.8 Å². The zero-order valence-corrected chi connectivity index (χ0v) is 10.0. The molecule has 0 bridgehead atoms. The van der Waals surface area contributed by atoms with Gasteiger partial charge in [0.1, 0.15) is 0 Å². The van der Waals surface area contributed by atoms with Gasteiger partial charge in [-0.25, -0.2) is 9.97 Å². The minimum absolute atomic E-state index is 0.614. The summed E-state index contributed by atoms with van der Waals surface area (Å²) in [6.07, 6.45) is 4.28. The monoisotopic (exact) mass is 221 g/mol. The zero-order valence-electron chi connectivity index (χ0n) is 10.0.